The second-order valence-corrected chi connectivity index (χ2v) is 10.7. The van der Waals surface area contributed by atoms with Gasteiger partial charge in [0.2, 0.25) is 15.9 Å². The van der Waals surface area contributed by atoms with Crippen molar-refractivity contribution in [2.45, 2.75) is 72.2 Å². The molecule has 170 valence electrons. The predicted molar refractivity (Wildman–Crippen MR) is 122 cm³/mol. The highest BCUT2D eigenvalue weighted by atomic mass is 32.2. The third kappa shape index (κ3) is 5.42. The van der Waals surface area contributed by atoms with Crippen LogP contribution < -0.4 is 5.32 Å². The van der Waals surface area contributed by atoms with E-state index in [0.29, 0.717) is 43.4 Å². The summed E-state index contributed by atoms with van der Waals surface area (Å²) in [6, 6.07) is 2.50. The number of piperidine rings is 1. The molecule has 1 aromatic carbocycles. The van der Waals surface area contributed by atoms with Gasteiger partial charge in [0.25, 0.3) is 0 Å². The molecule has 1 heterocycles. The normalized spacial score (nSPS) is 16.4. The molecule has 0 bridgehead atoms. The van der Waals surface area contributed by atoms with E-state index in [-0.39, 0.29) is 11.8 Å². The lowest BCUT2D eigenvalue weighted by Gasteiger charge is -2.32. The second kappa shape index (κ2) is 10.2. The minimum Gasteiger partial charge on any atom is -0.355 e. The first-order valence-corrected chi connectivity index (χ1v) is 12.5. The molecule has 6 nitrogen and oxygen atoms in total. The van der Waals surface area contributed by atoms with Crippen molar-refractivity contribution in [3.63, 3.8) is 0 Å². The molecule has 0 spiro atoms. The van der Waals surface area contributed by atoms with Crippen LogP contribution in [-0.2, 0) is 14.8 Å². The average molecular weight is 438 g/mol. The Bertz CT molecular complexity index is 831. The maximum atomic E-state index is 13.4. The fraction of sp³-hybridized carbons (Fsp3) is 0.696. The van der Waals surface area contributed by atoms with Crippen molar-refractivity contribution >= 4 is 15.9 Å². The molecular formula is C23H39N3O3S. The van der Waals surface area contributed by atoms with Gasteiger partial charge < -0.3 is 5.32 Å². The number of hydrogen-bond acceptors (Lipinski definition) is 4. The zero-order chi connectivity index (χ0) is 22.6. The van der Waals surface area contributed by atoms with E-state index in [9.17, 15) is 13.2 Å². The van der Waals surface area contributed by atoms with Crippen molar-refractivity contribution in [1.29, 1.82) is 0 Å². The molecule has 2 rings (SSSR count). The third-order valence-electron chi connectivity index (χ3n) is 6.55. The molecule has 1 aliphatic heterocycles. The summed E-state index contributed by atoms with van der Waals surface area (Å²) in [5.74, 6) is -0.0716. The molecule has 0 aliphatic carbocycles. The van der Waals surface area contributed by atoms with E-state index in [4.69, 9.17) is 0 Å². The van der Waals surface area contributed by atoms with Gasteiger partial charge in [0.05, 0.1) is 4.90 Å². The Hall–Kier alpha value is -1.44. The van der Waals surface area contributed by atoms with E-state index in [1.54, 1.807) is 4.31 Å². The van der Waals surface area contributed by atoms with Crippen molar-refractivity contribution < 1.29 is 13.2 Å². The summed E-state index contributed by atoms with van der Waals surface area (Å²) < 4.78 is 28.3. The SMILES string of the molecule is CCN(CCNC(=O)C1CCN(S(=O)(=O)c2c(C)c(C)cc(C)c2C)CC1)C(C)C. The Kier molecular flexibility index (Phi) is 8.48. The number of carbonyl (C=O) groups is 1. The van der Waals surface area contributed by atoms with Gasteiger partial charge in [-0.1, -0.05) is 13.0 Å². The van der Waals surface area contributed by atoms with Crippen LogP contribution in [0.4, 0.5) is 0 Å². The molecule has 7 heteroatoms. The lowest BCUT2D eigenvalue weighted by atomic mass is 9.97. The van der Waals surface area contributed by atoms with Crippen molar-refractivity contribution in [3.05, 3.63) is 28.3 Å². The second-order valence-electron chi connectivity index (χ2n) is 8.78. The number of hydrogen-bond donors (Lipinski definition) is 1. The van der Waals surface area contributed by atoms with Crippen LogP contribution in [0.3, 0.4) is 0 Å². The van der Waals surface area contributed by atoms with E-state index in [1.165, 1.54) is 0 Å². The number of sulfonamides is 1. The van der Waals surface area contributed by atoms with Gasteiger partial charge in [0.1, 0.15) is 0 Å². The fourth-order valence-electron chi connectivity index (χ4n) is 4.30. The minimum absolute atomic E-state index is 0.0469. The average Bonchev–Trinajstić information content (AvgIpc) is 2.69. The highest BCUT2D eigenvalue weighted by Crippen LogP contribution is 2.31. The number of rotatable bonds is 8. The van der Waals surface area contributed by atoms with Crippen LogP contribution in [0.5, 0.6) is 0 Å². The van der Waals surface area contributed by atoms with Gasteiger partial charge >= 0.3 is 0 Å². The van der Waals surface area contributed by atoms with Crippen molar-refractivity contribution in [2.75, 3.05) is 32.7 Å². The first-order valence-electron chi connectivity index (χ1n) is 11.1. The van der Waals surface area contributed by atoms with Gasteiger partial charge in [0, 0.05) is 38.1 Å². The topological polar surface area (TPSA) is 69.7 Å². The van der Waals surface area contributed by atoms with E-state index in [2.05, 4.69) is 31.0 Å². The molecule has 1 saturated heterocycles. The van der Waals surface area contributed by atoms with Crippen molar-refractivity contribution in [3.8, 4) is 0 Å². The lowest BCUT2D eigenvalue weighted by molar-refractivity contribution is -0.126. The molecule has 0 radical (unpaired) electrons. The van der Waals surface area contributed by atoms with Crippen LogP contribution in [0.1, 0.15) is 55.9 Å². The Labute approximate surface area is 183 Å². The first-order chi connectivity index (χ1) is 14.0. The zero-order valence-corrected chi connectivity index (χ0v) is 20.5. The number of carbonyl (C=O) groups excluding carboxylic acids is 1. The lowest BCUT2D eigenvalue weighted by Crippen LogP contribution is -2.45. The molecule has 0 saturated carbocycles. The van der Waals surface area contributed by atoms with Gasteiger partial charge in [-0.15, -0.1) is 0 Å². The molecule has 0 atom stereocenters. The highest BCUT2D eigenvalue weighted by Gasteiger charge is 2.34. The van der Waals surface area contributed by atoms with Gasteiger partial charge in [-0.25, -0.2) is 8.42 Å². The van der Waals surface area contributed by atoms with Crippen molar-refractivity contribution in [1.82, 2.24) is 14.5 Å². The molecule has 1 amide bonds. The first kappa shape index (κ1) is 24.8. The largest absolute Gasteiger partial charge is 0.355 e. The summed E-state index contributed by atoms with van der Waals surface area (Å²) in [6.45, 7) is 17.3. The van der Waals surface area contributed by atoms with Crippen molar-refractivity contribution in [2.24, 2.45) is 5.92 Å². The van der Waals surface area contributed by atoms with Gasteiger partial charge in [0.15, 0.2) is 0 Å². The highest BCUT2D eigenvalue weighted by molar-refractivity contribution is 7.89. The Morgan fingerprint density at radius 2 is 1.67 bits per heavy atom. The van der Waals surface area contributed by atoms with Gasteiger partial charge in [-0.2, -0.15) is 4.31 Å². The predicted octanol–water partition coefficient (Wildman–Crippen LogP) is 3.17. The molecule has 1 aliphatic rings. The number of nitrogens with one attached hydrogen (secondary N) is 1. The molecule has 0 aromatic heterocycles. The van der Waals surface area contributed by atoms with Crippen LogP contribution in [0.25, 0.3) is 0 Å². The molecule has 30 heavy (non-hydrogen) atoms. The summed E-state index contributed by atoms with van der Waals surface area (Å²) in [4.78, 5) is 15.3. The summed E-state index contributed by atoms with van der Waals surface area (Å²) in [5, 5.41) is 3.04. The quantitative estimate of drug-likeness (QED) is 0.678. The molecular weight excluding hydrogens is 398 g/mol. The number of likely N-dealkylation sites (N-methyl/N-ethyl adjacent to an activating group) is 1. The smallest absolute Gasteiger partial charge is 0.243 e. The molecule has 0 unspecified atom stereocenters. The Morgan fingerprint density at radius 1 is 1.13 bits per heavy atom. The van der Waals surface area contributed by atoms with Crippen LogP contribution in [0.2, 0.25) is 0 Å². The van der Waals surface area contributed by atoms with E-state index < -0.39 is 10.0 Å². The zero-order valence-electron chi connectivity index (χ0n) is 19.7. The van der Waals surface area contributed by atoms with Crippen LogP contribution in [-0.4, -0.2) is 62.3 Å². The van der Waals surface area contributed by atoms with Crippen LogP contribution in [0.15, 0.2) is 11.0 Å². The molecule has 1 aromatic rings. The molecule has 1 fully saturated rings. The summed E-state index contributed by atoms with van der Waals surface area (Å²) in [5.41, 5.74) is 3.63. The van der Waals surface area contributed by atoms with Crippen LogP contribution in [0, 0.1) is 33.6 Å². The number of amides is 1. The summed E-state index contributed by atoms with van der Waals surface area (Å²) >= 11 is 0. The van der Waals surface area contributed by atoms with Gasteiger partial charge in [-0.05, 0) is 83.2 Å². The fourth-order valence-corrected chi connectivity index (χ4v) is 6.35. The third-order valence-corrected chi connectivity index (χ3v) is 8.73. The standard InChI is InChI=1S/C23H39N3O3S/c1-8-25(16(2)3)14-11-24-23(27)21-9-12-26(13-10-21)30(28,29)22-19(6)17(4)15-18(5)20(22)7/h15-16,21H,8-14H2,1-7H3,(H,24,27). The minimum atomic E-state index is -3.56. The number of benzene rings is 1. The van der Waals surface area contributed by atoms with Gasteiger partial charge in [-0.3, -0.25) is 9.69 Å². The summed E-state index contributed by atoms with van der Waals surface area (Å²) in [7, 11) is -3.56. The number of nitrogens with zero attached hydrogens (tertiary/aromatic N) is 2. The van der Waals surface area contributed by atoms with E-state index in [1.807, 2.05) is 33.8 Å². The maximum absolute atomic E-state index is 13.4. The summed E-state index contributed by atoms with van der Waals surface area (Å²) in [6.07, 6.45) is 1.13. The van der Waals surface area contributed by atoms with E-state index in [0.717, 1.165) is 35.3 Å². The molecule has 1 N–H and O–H groups in total. The van der Waals surface area contributed by atoms with E-state index >= 15 is 0 Å². The number of aryl methyl sites for hydroxylation is 2. The maximum Gasteiger partial charge on any atom is 0.243 e. The Balaban J connectivity index is 1.99. The van der Waals surface area contributed by atoms with Crippen LogP contribution >= 0.6 is 0 Å². The Morgan fingerprint density at radius 3 is 2.13 bits per heavy atom. The monoisotopic (exact) mass is 437 g/mol.